The smallest absolute Gasteiger partial charge is 0.129 e. The van der Waals surface area contributed by atoms with Gasteiger partial charge in [-0.25, -0.2) is 8.78 Å². The molecule has 118 valence electrons. The molecule has 0 aliphatic carbocycles. The summed E-state index contributed by atoms with van der Waals surface area (Å²) >= 11 is 0. The summed E-state index contributed by atoms with van der Waals surface area (Å²) in [6, 6.07) is 2.56. The normalized spacial score (nSPS) is 30.6. The highest BCUT2D eigenvalue weighted by Gasteiger charge is 2.40. The van der Waals surface area contributed by atoms with Crippen LogP contribution in [0.25, 0.3) is 0 Å². The van der Waals surface area contributed by atoms with Gasteiger partial charge in [0.05, 0.1) is 18.8 Å². The van der Waals surface area contributed by atoms with Gasteiger partial charge in [0.15, 0.2) is 0 Å². The average Bonchev–Trinajstić information content (AvgIpc) is 2.44. The van der Waals surface area contributed by atoms with E-state index in [1.807, 2.05) is 0 Å². The zero-order chi connectivity index (χ0) is 15.6. The molecule has 4 atom stereocenters. The molecule has 0 spiro atoms. The molecular weight excluding hydrogens is 284 g/mol. The number of benzene rings is 1. The van der Waals surface area contributed by atoms with Gasteiger partial charge in [0.1, 0.15) is 23.8 Å². The molecule has 21 heavy (non-hydrogen) atoms. The summed E-state index contributed by atoms with van der Waals surface area (Å²) in [5, 5.41) is 38.4. The summed E-state index contributed by atoms with van der Waals surface area (Å²) in [5.41, 5.74) is 0.309. The molecule has 0 unspecified atom stereocenters. The quantitative estimate of drug-likeness (QED) is 0.589. The van der Waals surface area contributed by atoms with E-state index in [4.69, 9.17) is 0 Å². The third-order valence-electron chi connectivity index (χ3n) is 3.90. The Kier molecular flexibility index (Phi) is 5.23. The summed E-state index contributed by atoms with van der Waals surface area (Å²) in [7, 11) is 0. The second-order valence-corrected chi connectivity index (χ2v) is 5.28. The molecule has 1 aromatic carbocycles. The van der Waals surface area contributed by atoms with E-state index >= 15 is 0 Å². The van der Waals surface area contributed by atoms with E-state index in [2.05, 4.69) is 0 Å². The van der Waals surface area contributed by atoms with E-state index in [1.54, 1.807) is 4.90 Å². The Balaban J connectivity index is 2.03. The van der Waals surface area contributed by atoms with Crippen molar-refractivity contribution in [3.63, 3.8) is 0 Å². The lowest BCUT2D eigenvalue weighted by Crippen LogP contribution is -2.62. The van der Waals surface area contributed by atoms with Gasteiger partial charge in [0.25, 0.3) is 0 Å². The predicted molar refractivity (Wildman–Crippen MR) is 70.5 cm³/mol. The van der Waals surface area contributed by atoms with Crippen LogP contribution in [0, 0.1) is 11.6 Å². The fourth-order valence-electron chi connectivity index (χ4n) is 2.62. The van der Waals surface area contributed by atoms with Gasteiger partial charge in [-0.15, -0.1) is 0 Å². The highest BCUT2D eigenvalue weighted by atomic mass is 19.1. The van der Waals surface area contributed by atoms with Crippen molar-refractivity contribution >= 4 is 0 Å². The molecular formula is C14H19F2NO4. The van der Waals surface area contributed by atoms with Crippen LogP contribution in [0.3, 0.4) is 0 Å². The maximum Gasteiger partial charge on any atom is 0.129 e. The van der Waals surface area contributed by atoms with E-state index in [9.17, 15) is 29.2 Å². The minimum atomic E-state index is -1.32. The lowest BCUT2D eigenvalue weighted by molar-refractivity contribution is -0.144. The average molecular weight is 303 g/mol. The minimum Gasteiger partial charge on any atom is -0.395 e. The number of β-amino-alcohol motifs (C(OH)–C–C–N with tert-alkyl or cyclic N) is 1. The van der Waals surface area contributed by atoms with Crippen LogP contribution in [0.4, 0.5) is 8.78 Å². The Bertz CT molecular complexity index is 488. The summed E-state index contributed by atoms with van der Waals surface area (Å²) in [6.07, 6.45) is -3.50. The number of hydrogen-bond acceptors (Lipinski definition) is 5. The standard InChI is InChI=1S/C14H19F2NO4/c15-9-2-1-8(10(16)5-9)3-4-17-6-12(19)14(21)13(20)11(17)7-18/h1-2,5,11-14,18-21H,3-4,6-7H2/t11-,12+,13-,14-/m1/s1. The molecule has 2 rings (SSSR count). The Labute approximate surface area is 121 Å². The van der Waals surface area contributed by atoms with Crippen LogP contribution in [0.15, 0.2) is 18.2 Å². The maximum atomic E-state index is 13.6. The number of piperidine rings is 1. The van der Waals surface area contributed by atoms with E-state index in [0.717, 1.165) is 12.1 Å². The molecule has 1 aliphatic heterocycles. The van der Waals surface area contributed by atoms with Crippen LogP contribution in [0.2, 0.25) is 0 Å². The summed E-state index contributed by atoms with van der Waals surface area (Å²) in [6.45, 7) is -0.0717. The first-order valence-corrected chi connectivity index (χ1v) is 6.77. The molecule has 5 nitrogen and oxygen atoms in total. The first-order chi connectivity index (χ1) is 9.93. The van der Waals surface area contributed by atoms with E-state index in [1.165, 1.54) is 6.07 Å². The number of rotatable bonds is 4. The molecule has 0 amide bonds. The van der Waals surface area contributed by atoms with E-state index < -0.39 is 42.6 Å². The second-order valence-electron chi connectivity index (χ2n) is 5.28. The minimum absolute atomic E-state index is 0.0618. The molecule has 1 heterocycles. The molecule has 1 fully saturated rings. The Morgan fingerprint density at radius 1 is 1.14 bits per heavy atom. The number of halogens is 2. The zero-order valence-electron chi connectivity index (χ0n) is 11.4. The van der Waals surface area contributed by atoms with Crippen LogP contribution in [0.5, 0.6) is 0 Å². The van der Waals surface area contributed by atoms with Crippen LogP contribution in [-0.2, 0) is 6.42 Å². The van der Waals surface area contributed by atoms with Crippen molar-refractivity contribution in [1.82, 2.24) is 4.90 Å². The maximum absolute atomic E-state index is 13.6. The SMILES string of the molecule is OC[C@@H]1[C@@H](O)[C@H](O)[C@@H](O)CN1CCc1ccc(F)cc1F. The third-order valence-corrected chi connectivity index (χ3v) is 3.90. The zero-order valence-corrected chi connectivity index (χ0v) is 11.4. The van der Waals surface area contributed by atoms with Gasteiger partial charge >= 0.3 is 0 Å². The molecule has 0 aromatic heterocycles. The predicted octanol–water partition coefficient (Wildman–Crippen LogP) is -0.734. The fourth-order valence-corrected chi connectivity index (χ4v) is 2.62. The monoisotopic (exact) mass is 303 g/mol. The number of hydrogen-bond donors (Lipinski definition) is 4. The Morgan fingerprint density at radius 3 is 2.48 bits per heavy atom. The van der Waals surface area contributed by atoms with Crippen LogP contribution in [-0.4, -0.2) is 69.4 Å². The Hall–Kier alpha value is -1.12. The Morgan fingerprint density at radius 2 is 1.86 bits per heavy atom. The molecule has 1 saturated heterocycles. The number of nitrogens with zero attached hydrogens (tertiary/aromatic N) is 1. The lowest BCUT2D eigenvalue weighted by atomic mass is 9.94. The number of likely N-dealkylation sites (tertiary alicyclic amines) is 1. The van der Waals surface area contributed by atoms with Gasteiger partial charge in [-0.05, 0) is 18.1 Å². The molecule has 1 aliphatic rings. The van der Waals surface area contributed by atoms with Gasteiger partial charge in [-0.1, -0.05) is 6.07 Å². The highest BCUT2D eigenvalue weighted by molar-refractivity contribution is 5.19. The van der Waals surface area contributed by atoms with Gasteiger partial charge in [-0.3, -0.25) is 4.90 Å². The molecule has 7 heteroatoms. The fraction of sp³-hybridized carbons (Fsp3) is 0.571. The summed E-state index contributed by atoms with van der Waals surface area (Å²) in [5.74, 6) is -1.31. The molecule has 0 bridgehead atoms. The molecule has 1 aromatic rings. The van der Waals surface area contributed by atoms with Gasteiger partial charge in [0, 0.05) is 19.2 Å². The summed E-state index contributed by atoms with van der Waals surface area (Å²) < 4.78 is 26.4. The van der Waals surface area contributed by atoms with Crippen molar-refractivity contribution in [2.45, 2.75) is 30.8 Å². The first kappa shape index (κ1) is 16.3. The van der Waals surface area contributed by atoms with Crippen molar-refractivity contribution in [2.75, 3.05) is 19.7 Å². The van der Waals surface area contributed by atoms with Crippen molar-refractivity contribution in [3.8, 4) is 0 Å². The van der Waals surface area contributed by atoms with Crippen molar-refractivity contribution < 1.29 is 29.2 Å². The summed E-state index contributed by atoms with van der Waals surface area (Å²) in [4.78, 5) is 1.59. The molecule has 0 saturated carbocycles. The third kappa shape index (κ3) is 3.56. The van der Waals surface area contributed by atoms with Crippen LogP contribution < -0.4 is 0 Å². The largest absolute Gasteiger partial charge is 0.395 e. The van der Waals surface area contributed by atoms with Crippen molar-refractivity contribution in [3.05, 3.63) is 35.4 Å². The van der Waals surface area contributed by atoms with Crippen LogP contribution >= 0.6 is 0 Å². The lowest BCUT2D eigenvalue weighted by Gasteiger charge is -2.43. The number of aliphatic hydroxyl groups is 4. The molecule has 4 N–H and O–H groups in total. The van der Waals surface area contributed by atoms with Gasteiger partial charge < -0.3 is 20.4 Å². The van der Waals surface area contributed by atoms with E-state index in [-0.39, 0.29) is 19.5 Å². The van der Waals surface area contributed by atoms with Gasteiger partial charge in [-0.2, -0.15) is 0 Å². The molecule has 0 radical (unpaired) electrons. The number of aliphatic hydroxyl groups excluding tert-OH is 4. The van der Waals surface area contributed by atoms with E-state index in [0.29, 0.717) is 5.56 Å². The van der Waals surface area contributed by atoms with Crippen molar-refractivity contribution in [1.29, 1.82) is 0 Å². The first-order valence-electron chi connectivity index (χ1n) is 6.77. The topological polar surface area (TPSA) is 84.2 Å². The van der Waals surface area contributed by atoms with Crippen molar-refractivity contribution in [2.24, 2.45) is 0 Å². The second kappa shape index (κ2) is 6.76. The van der Waals surface area contributed by atoms with Gasteiger partial charge in [0.2, 0.25) is 0 Å². The highest BCUT2D eigenvalue weighted by Crippen LogP contribution is 2.20. The van der Waals surface area contributed by atoms with Crippen LogP contribution in [0.1, 0.15) is 5.56 Å².